The minimum atomic E-state index is -0.173. The van der Waals surface area contributed by atoms with Gasteiger partial charge >= 0.3 is 0 Å². The van der Waals surface area contributed by atoms with Crippen molar-refractivity contribution in [2.75, 3.05) is 5.33 Å². The molecule has 0 saturated heterocycles. The highest BCUT2D eigenvalue weighted by molar-refractivity contribution is 9.09. The number of carbonyl (C=O) groups excluding carboxylic acids is 1. The summed E-state index contributed by atoms with van der Waals surface area (Å²) in [5.41, 5.74) is 0.449. The lowest BCUT2D eigenvalue weighted by molar-refractivity contribution is 0.0932. The Morgan fingerprint density at radius 2 is 2.19 bits per heavy atom. The first kappa shape index (κ1) is 14.3. The highest BCUT2D eigenvalue weighted by Crippen LogP contribution is 2.31. The van der Waals surface area contributed by atoms with Gasteiger partial charge in [0, 0.05) is 11.4 Å². The number of rotatable bonds is 4. The largest absolute Gasteiger partial charge is 0.349 e. The maximum absolute atomic E-state index is 11.8. The van der Waals surface area contributed by atoms with Crippen LogP contribution in [0, 0.1) is 5.92 Å². The highest BCUT2D eigenvalue weighted by Gasteiger charge is 2.18. The average Bonchev–Trinajstić information content (AvgIpc) is 2.56. The maximum atomic E-state index is 11.8. The number of carbonyl (C=O) groups is 1. The Balaban J connectivity index is 2.69. The van der Waals surface area contributed by atoms with Gasteiger partial charge in [-0.15, -0.1) is 11.3 Å². The molecule has 0 aliphatic carbocycles. The number of hydrogen-bond donors (Lipinski definition) is 1. The van der Waals surface area contributed by atoms with Crippen molar-refractivity contribution >= 4 is 56.4 Å². The summed E-state index contributed by atoms with van der Waals surface area (Å²) in [6.45, 7) is 4.02. The molecule has 1 heterocycles. The summed E-state index contributed by atoms with van der Waals surface area (Å²) in [6.07, 6.45) is 0. The fourth-order valence-corrected chi connectivity index (χ4v) is 3.07. The normalized spacial score (nSPS) is 14.6. The van der Waals surface area contributed by atoms with Crippen LogP contribution in [0.4, 0.5) is 0 Å². The van der Waals surface area contributed by atoms with E-state index >= 15 is 0 Å². The van der Waals surface area contributed by atoms with Crippen molar-refractivity contribution in [3.05, 3.63) is 20.3 Å². The van der Waals surface area contributed by atoms with Gasteiger partial charge in [-0.2, -0.15) is 0 Å². The van der Waals surface area contributed by atoms with Crippen molar-refractivity contribution in [2.45, 2.75) is 19.9 Å². The van der Waals surface area contributed by atoms with E-state index in [-0.39, 0.29) is 11.9 Å². The van der Waals surface area contributed by atoms with Gasteiger partial charge in [0.05, 0.1) is 9.90 Å². The molecule has 1 aromatic rings. The zero-order valence-corrected chi connectivity index (χ0v) is 12.8. The molecule has 2 atom stereocenters. The highest BCUT2D eigenvalue weighted by atomic mass is 79.9. The van der Waals surface area contributed by atoms with E-state index in [9.17, 15) is 4.79 Å². The number of thiophene rings is 1. The molecule has 1 aromatic heterocycles. The quantitative estimate of drug-likeness (QED) is 0.814. The Kier molecular flexibility index (Phi) is 5.57. The summed E-state index contributed by atoms with van der Waals surface area (Å²) in [5.74, 6) is 0.185. The predicted octanol–water partition coefficient (Wildman–Crippen LogP) is 4.20. The van der Waals surface area contributed by atoms with Crippen LogP contribution >= 0.6 is 50.5 Å². The van der Waals surface area contributed by atoms with Crippen molar-refractivity contribution in [1.29, 1.82) is 0 Å². The predicted molar refractivity (Wildman–Crippen MR) is 74.2 cm³/mol. The van der Waals surface area contributed by atoms with Crippen LogP contribution < -0.4 is 5.32 Å². The van der Waals surface area contributed by atoms with E-state index < -0.39 is 0 Å². The lowest BCUT2D eigenvalue weighted by Gasteiger charge is -2.18. The van der Waals surface area contributed by atoms with E-state index in [1.54, 1.807) is 6.07 Å². The molecule has 1 amide bonds. The maximum Gasteiger partial charge on any atom is 0.253 e. The molecule has 1 rings (SSSR count). The molecule has 0 aliphatic rings. The van der Waals surface area contributed by atoms with E-state index in [0.717, 1.165) is 5.33 Å². The first-order valence-corrected chi connectivity index (χ1v) is 7.46. The molecule has 0 radical (unpaired) electrons. The molecule has 0 fully saturated rings. The van der Waals surface area contributed by atoms with Crippen LogP contribution in [0.1, 0.15) is 24.2 Å². The van der Waals surface area contributed by atoms with Crippen molar-refractivity contribution in [3.63, 3.8) is 0 Å². The second-order valence-electron chi connectivity index (χ2n) is 3.63. The molecule has 0 aliphatic heterocycles. The lowest BCUT2D eigenvalue weighted by Crippen LogP contribution is -2.37. The van der Waals surface area contributed by atoms with Crippen LogP contribution in [0.3, 0.4) is 0 Å². The second-order valence-corrected chi connectivity index (χ2v) is 6.56. The van der Waals surface area contributed by atoms with Crippen LogP contribution in [-0.4, -0.2) is 17.3 Å². The van der Waals surface area contributed by atoms with Gasteiger partial charge < -0.3 is 5.32 Å². The molecule has 16 heavy (non-hydrogen) atoms. The minimum absolute atomic E-state index is 0.0848. The zero-order valence-electron chi connectivity index (χ0n) is 8.89. The van der Waals surface area contributed by atoms with Gasteiger partial charge in [0.15, 0.2) is 0 Å². The van der Waals surface area contributed by atoms with E-state index in [4.69, 9.17) is 23.2 Å². The minimum Gasteiger partial charge on any atom is -0.349 e. The van der Waals surface area contributed by atoms with Gasteiger partial charge in [-0.25, -0.2) is 0 Å². The number of nitrogens with one attached hydrogen (secondary N) is 1. The van der Waals surface area contributed by atoms with Crippen LogP contribution in [0.15, 0.2) is 6.07 Å². The molecule has 0 saturated carbocycles. The second kappa shape index (κ2) is 6.24. The lowest BCUT2D eigenvalue weighted by atomic mass is 10.1. The fraction of sp³-hybridized carbons (Fsp3) is 0.500. The van der Waals surface area contributed by atoms with Crippen molar-refractivity contribution < 1.29 is 4.79 Å². The third-order valence-electron chi connectivity index (χ3n) is 2.36. The Labute approximate surface area is 117 Å². The van der Waals surface area contributed by atoms with E-state index in [0.29, 0.717) is 20.2 Å². The van der Waals surface area contributed by atoms with Gasteiger partial charge in [0.2, 0.25) is 0 Å². The molecular formula is C10H12BrCl2NOS. The van der Waals surface area contributed by atoms with Gasteiger partial charge in [0.25, 0.3) is 5.91 Å². The first-order valence-electron chi connectivity index (χ1n) is 4.77. The number of halogens is 3. The van der Waals surface area contributed by atoms with E-state index in [1.165, 1.54) is 11.3 Å². The average molecular weight is 345 g/mol. The summed E-state index contributed by atoms with van der Waals surface area (Å²) in [4.78, 5) is 11.8. The topological polar surface area (TPSA) is 29.1 Å². The number of hydrogen-bond acceptors (Lipinski definition) is 2. The van der Waals surface area contributed by atoms with Crippen LogP contribution in [0.5, 0.6) is 0 Å². The van der Waals surface area contributed by atoms with Crippen molar-refractivity contribution in [1.82, 2.24) is 5.32 Å². The fourth-order valence-electron chi connectivity index (χ4n) is 1.06. The standard InChI is InChI=1S/C10H12BrCl2NOS/c1-5(4-11)6(2)14-10(15)7-3-8(12)16-9(7)13/h3,5-6H,4H2,1-2H3,(H,14,15). The smallest absolute Gasteiger partial charge is 0.253 e. The first-order chi connectivity index (χ1) is 7.45. The summed E-state index contributed by atoms with van der Waals surface area (Å²) in [5, 5.41) is 3.74. The molecule has 0 bridgehead atoms. The van der Waals surface area contributed by atoms with Crippen LogP contribution in [0.2, 0.25) is 8.67 Å². The Morgan fingerprint density at radius 3 is 2.62 bits per heavy atom. The van der Waals surface area contributed by atoms with Crippen molar-refractivity contribution in [2.24, 2.45) is 5.92 Å². The van der Waals surface area contributed by atoms with Gasteiger partial charge in [0.1, 0.15) is 4.34 Å². The van der Waals surface area contributed by atoms with Gasteiger partial charge in [-0.05, 0) is 18.9 Å². The SMILES string of the molecule is CC(CBr)C(C)NC(=O)c1cc(Cl)sc1Cl. The Hall–Kier alpha value is 0.230. The molecule has 2 unspecified atom stereocenters. The molecule has 0 aromatic carbocycles. The summed E-state index contributed by atoms with van der Waals surface area (Å²) in [6, 6.07) is 1.68. The van der Waals surface area contributed by atoms with Gasteiger partial charge in [-0.3, -0.25) is 4.79 Å². The number of amides is 1. The molecule has 1 N–H and O–H groups in total. The van der Waals surface area contributed by atoms with Crippen molar-refractivity contribution in [3.8, 4) is 0 Å². The van der Waals surface area contributed by atoms with E-state index in [1.807, 2.05) is 6.92 Å². The van der Waals surface area contributed by atoms with Crippen LogP contribution in [-0.2, 0) is 0 Å². The zero-order chi connectivity index (χ0) is 12.3. The van der Waals surface area contributed by atoms with E-state index in [2.05, 4.69) is 28.2 Å². The molecule has 90 valence electrons. The molecular weight excluding hydrogens is 333 g/mol. The monoisotopic (exact) mass is 343 g/mol. The summed E-state index contributed by atoms with van der Waals surface area (Å²) in [7, 11) is 0. The molecule has 2 nitrogen and oxygen atoms in total. The summed E-state index contributed by atoms with van der Waals surface area (Å²) < 4.78 is 0.956. The molecule has 0 spiro atoms. The van der Waals surface area contributed by atoms with Crippen LogP contribution in [0.25, 0.3) is 0 Å². The molecule has 6 heteroatoms. The number of alkyl halides is 1. The van der Waals surface area contributed by atoms with Gasteiger partial charge in [-0.1, -0.05) is 46.1 Å². The Morgan fingerprint density at radius 1 is 1.56 bits per heavy atom. The Bertz CT molecular complexity index is 383. The summed E-state index contributed by atoms with van der Waals surface area (Å²) >= 11 is 16.3. The third kappa shape index (κ3) is 3.62. The third-order valence-corrected chi connectivity index (χ3v) is 4.87.